The predicted octanol–water partition coefficient (Wildman–Crippen LogP) is 4.75. The lowest BCUT2D eigenvalue weighted by Gasteiger charge is -2.20. The van der Waals surface area contributed by atoms with E-state index >= 15 is 0 Å². The number of rotatable bonds is 5. The van der Waals surface area contributed by atoms with E-state index in [4.69, 9.17) is 16.3 Å². The summed E-state index contributed by atoms with van der Waals surface area (Å²) in [6.45, 7) is 0. The molecule has 1 unspecified atom stereocenters. The lowest BCUT2D eigenvalue weighted by molar-refractivity contribution is 0.400. The van der Waals surface area contributed by atoms with Gasteiger partial charge in [-0.25, -0.2) is 4.39 Å². The number of hydrogen-bond acceptors (Lipinski definition) is 2. The van der Waals surface area contributed by atoms with Crippen LogP contribution >= 0.6 is 27.5 Å². The predicted molar refractivity (Wildman–Crippen MR) is 87.6 cm³/mol. The van der Waals surface area contributed by atoms with Crippen LogP contribution in [-0.2, 0) is 6.42 Å². The van der Waals surface area contributed by atoms with E-state index in [0.717, 1.165) is 15.8 Å². The van der Waals surface area contributed by atoms with Crippen LogP contribution in [0, 0.1) is 5.82 Å². The number of hydrogen-bond donors (Lipinski definition) is 1. The molecule has 2 aromatic carbocycles. The zero-order chi connectivity index (χ0) is 15.4. The van der Waals surface area contributed by atoms with Crippen molar-refractivity contribution in [1.82, 2.24) is 5.32 Å². The Labute approximate surface area is 137 Å². The Morgan fingerprint density at radius 2 is 2.05 bits per heavy atom. The molecule has 1 atom stereocenters. The molecule has 0 saturated carbocycles. The van der Waals surface area contributed by atoms with Gasteiger partial charge in [-0.2, -0.15) is 0 Å². The van der Waals surface area contributed by atoms with Crippen molar-refractivity contribution in [2.24, 2.45) is 0 Å². The Morgan fingerprint density at radius 3 is 2.67 bits per heavy atom. The highest BCUT2D eigenvalue weighted by molar-refractivity contribution is 9.10. The number of benzene rings is 2. The molecule has 0 aliphatic carbocycles. The van der Waals surface area contributed by atoms with Crippen LogP contribution in [0.3, 0.4) is 0 Å². The van der Waals surface area contributed by atoms with Gasteiger partial charge in [0.1, 0.15) is 11.6 Å². The average Bonchev–Trinajstić information content (AvgIpc) is 2.46. The lowest BCUT2D eigenvalue weighted by atomic mass is 9.98. The van der Waals surface area contributed by atoms with Crippen molar-refractivity contribution in [2.75, 3.05) is 14.2 Å². The summed E-state index contributed by atoms with van der Waals surface area (Å²) < 4.78 is 20.1. The molecule has 2 nitrogen and oxygen atoms in total. The minimum absolute atomic E-state index is 0.0886. The van der Waals surface area contributed by atoms with Crippen LogP contribution in [0.2, 0.25) is 5.02 Å². The summed E-state index contributed by atoms with van der Waals surface area (Å²) in [5, 5.41) is 3.82. The topological polar surface area (TPSA) is 21.3 Å². The zero-order valence-corrected chi connectivity index (χ0v) is 14.1. The number of halogens is 3. The smallest absolute Gasteiger partial charge is 0.127 e. The number of likely N-dealkylation sites (N-methyl/N-ethyl adjacent to an activating group) is 1. The first-order valence-corrected chi connectivity index (χ1v) is 7.67. The average molecular weight is 373 g/mol. The van der Waals surface area contributed by atoms with Gasteiger partial charge in [0.15, 0.2) is 0 Å². The molecule has 0 aliphatic heterocycles. The van der Waals surface area contributed by atoms with E-state index in [2.05, 4.69) is 21.2 Å². The van der Waals surface area contributed by atoms with E-state index < -0.39 is 0 Å². The van der Waals surface area contributed by atoms with E-state index in [1.165, 1.54) is 6.07 Å². The maximum Gasteiger partial charge on any atom is 0.127 e. The fourth-order valence-electron chi connectivity index (χ4n) is 2.25. The lowest BCUT2D eigenvalue weighted by Crippen LogP contribution is -2.20. The van der Waals surface area contributed by atoms with Crippen LogP contribution < -0.4 is 10.1 Å². The van der Waals surface area contributed by atoms with E-state index in [1.807, 2.05) is 25.2 Å². The Hall–Kier alpha value is -1.10. The van der Waals surface area contributed by atoms with Crippen LogP contribution in [0.1, 0.15) is 17.2 Å². The van der Waals surface area contributed by atoms with Crippen LogP contribution in [0.4, 0.5) is 4.39 Å². The van der Waals surface area contributed by atoms with Gasteiger partial charge in [-0.05, 0) is 49.4 Å². The standard InChI is InChI=1S/C16H16BrClFNO/c1-20-15(7-10-3-4-11(17)8-14(10)19)13-9-12(18)5-6-16(13)21-2/h3-6,8-9,15,20H,7H2,1-2H3. The van der Waals surface area contributed by atoms with Gasteiger partial charge in [0.05, 0.1) is 7.11 Å². The van der Waals surface area contributed by atoms with Crippen molar-refractivity contribution < 1.29 is 9.13 Å². The number of ether oxygens (including phenoxy) is 1. The van der Waals surface area contributed by atoms with Gasteiger partial charge in [0.2, 0.25) is 0 Å². The SMILES string of the molecule is CNC(Cc1ccc(Br)cc1F)c1cc(Cl)ccc1OC. The second kappa shape index (κ2) is 7.25. The van der Waals surface area contributed by atoms with Gasteiger partial charge in [0.25, 0.3) is 0 Å². The fraction of sp³-hybridized carbons (Fsp3) is 0.250. The van der Waals surface area contributed by atoms with Crippen LogP contribution in [0.5, 0.6) is 5.75 Å². The summed E-state index contributed by atoms with van der Waals surface area (Å²) in [7, 11) is 3.45. The highest BCUT2D eigenvalue weighted by Gasteiger charge is 2.17. The third-order valence-electron chi connectivity index (χ3n) is 3.35. The molecular weight excluding hydrogens is 357 g/mol. The Morgan fingerprint density at radius 1 is 1.29 bits per heavy atom. The fourth-order valence-corrected chi connectivity index (χ4v) is 2.77. The van der Waals surface area contributed by atoms with E-state index in [-0.39, 0.29) is 11.9 Å². The molecule has 5 heteroatoms. The van der Waals surface area contributed by atoms with E-state index in [0.29, 0.717) is 17.0 Å². The second-order valence-corrected chi connectivity index (χ2v) is 6.02. The summed E-state index contributed by atoms with van der Waals surface area (Å²) >= 11 is 9.33. The molecule has 0 heterocycles. The van der Waals surface area contributed by atoms with Crippen molar-refractivity contribution in [3.8, 4) is 5.75 Å². The first-order chi connectivity index (χ1) is 10.0. The molecule has 112 valence electrons. The van der Waals surface area contributed by atoms with Gasteiger partial charge in [-0.1, -0.05) is 33.6 Å². The van der Waals surface area contributed by atoms with Gasteiger partial charge in [0, 0.05) is 21.1 Å². The molecule has 0 saturated heterocycles. The minimum atomic E-state index is -0.231. The minimum Gasteiger partial charge on any atom is -0.496 e. The highest BCUT2D eigenvalue weighted by Crippen LogP contribution is 2.31. The first kappa shape index (κ1) is 16.3. The molecule has 0 aliphatic rings. The number of methoxy groups -OCH3 is 1. The van der Waals surface area contributed by atoms with Crippen LogP contribution in [0.15, 0.2) is 40.9 Å². The monoisotopic (exact) mass is 371 g/mol. The molecule has 0 aromatic heterocycles. The normalized spacial score (nSPS) is 12.2. The van der Waals surface area contributed by atoms with Crippen molar-refractivity contribution in [1.29, 1.82) is 0 Å². The molecule has 21 heavy (non-hydrogen) atoms. The van der Waals surface area contributed by atoms with Gasteiger partial charge >= 0.3 is 0 Å². The molecule has 1 N–H and O–H groups in total. The molecule has 2 aromatic rings. The molecule has 0 radical (unpaired) electrons. The largest absolute Gasteiger partial charge is 0.496 e. The van der Waals surface area contributed by atoms with Gasteiger partial charge < -0.3 is 10.1 Å². The van der Waals surface area contributed by atoms with Gasteiger partial charge in [-0.15, -0.1) is 0 Å². The van der Waals surface area contributed by atoms with Crippen molar-refractivity contribution in [3.63, 3.8) is 0 Å². The summed E-state index contributed by atoms with van der Waals surface area (Å²) in [4.78, 5) is 0. The van der Waals surface area contributed by atoms with E-state index in [9.17, 15) is 4.39 Å². The first-order valence-electron chi connectivity index (χ1n) is 6.49. The highest BCUT2D eigenvalue weighted by atomic mass is 79.9. The Balaban J connectivity index is 2.34. The Bertz CT molecular complexity index is 636. The van der Waals surface area contributed by atoms with Crippen LogP contribution in [0.25, 0.3) is 0 Å². The summed E-state index contributed by atoms with van der Waals surface area (Å²) in [6.07, 6.45) is 0.506. The third-order valence-corrected chi connectivity index (χ3v) is 4.08. The van der Waals surface area contributed by atoms with Gasteiger partial charge in [-0.3, -0.25) is 0 Å². The summed E-state index contributed by atoms with van der Waals surface area (Å²) in [5.41, 5.74) is 1.55. The van der Waals surface area contributed by atoms with Crippen molar-refractivity contribution in [2.45, 2.75) is 12.5 Å². The maximum absolute atomic E-state index is 14.0. The second-order valence-electron chi connectivity index (χ2n) is 4.67. The summed E-state index contributed by atoms with van der Waals surface area (Å²) in [5.74, 6) is 0.502. The zero-order valence-electron chi connectivity index (χ0n) is 11.8. The summed E-state index contributed by atoms with van der Waals surface area (Å²) in [6, 6.07) is 10.4. The van der Waals surface area contributed by atoms with Crippen molar-refractivity contribution >= 4 is 27.5 Å². The van der Waals surface area contributed by atoms with Crippen LogP contribution in [-0.4, -0.2) is 14.2 Å². The maximum atomic E-state index is 14.0. The Kier molecular flexibility index (Phi) is 5.62. The molecule has 0 amide bonds. The molecule has 0 bridgehead atoms. The van der Waals surface area contributed by atoms with E-state index in [1.54, 1.807) is 19.2 Å². The molecular formula is C16H16BrClFNO. The quantitative estimate of drug-likeness (QED) is 0.817. The molecule has 0 spiro atoms. The van der Waals surface area contributed by atoms with Crippen molar-refractivity contribution in [3.05, 3.63) is 62.8 Å². The third kappa shape index (κ3) is 3.96. The molecule has 2 rings (SSSR count). The molecule has 0 fully saturated rings. The number of nitrogens with one attached hydrogen (secondary N) is 1.